The van der Waals surface area contributed by atoms with Crippen LogP contribution in [0.15, 0.2) is 72.9 Å². The van der Waals surface area contributed by atoms with Crippen molar-refractivity contribution in [2.75, 3.05) is 6.61 Å². The summed E-state index contributed by atoms with van der Waals surface area (Å²) < 4.78 is 0. The third kappa shape index (κ3) is 41.0. The number of hydrogen-bond acceptors (Lipinski definition) is 3. The van der Waals surface area contributed by atoms with Crippen molar-refractivity contribution in [2.24, 2.45) is 0 Å². The fraction of sp³-hybridized carbons (Fsp3) is 0.740. The van der Waals surface area contributed by atoms with Gasteiger partial charge in [-0.2, -0.15) is 0 Å². The molecule has 0 aromatic carbocycles. The van der Waals surface area contributed by atoms with E-state index in [1.165, 1.54) is 141 Å². The number of amides is 1. The summed E-state index contributed by atoms with van der Waals surface area (Å²) in [5.41, 5.74) is 0. The van der Waals surface area contributed by atoms with Gasteiger partial charge in [-0.05, 0) is 70.6 Å². The first-order chi connectivity index (χ1) is 26.7. The zero-order valence-corrected chi connectivity index (χ0v) is 35.7. The summed E-state index contributed by atoms with van der Waals surface area (Å²) in [5.74, 6) is -0.0807. The van der Waals surface area contributed by atoms with E-state index in [0.717, 1.165) is 57.8 Å². The van der Waals surface area contributed by atoms with Crippen molar-refractivity contribution in [3.05, 3.63) is 72.9 Å². The topological polar surface area (TPSA) is 69.6 Å². The van der Waals surface area contributed by atoms with Crippen LogP contribution in [0.25, 0.3) is 0 Å². The second kappa shape index (κ2) is 45.2. The third-order valence-electron chi connectivity index (χ3n) is 10.2. The molecule has 1 amide bonds. The molecule has 2 atom stereocenters. The van der Waals surface area contributed by atoms with Gasteiger partial charge in [0.2, 0.25) is 5.91 Å². The number of unbranched alkanes of at least 4 members (excludes halogenated alkanes) is 24. The zero-order chi connectivity index (χ0) is 39.3. The Morgan fingerprint density at radius 3 is 1.30 bits per heavy atom. The van der Waals surface area contributed by atoms with Crippen LogP contribution < -0.4 is 5.32 Å². The number of carbonyl (C=O) groups excluding carboxylic acids is 1. The van der Waals surface area contributed by atoms with E-state index in [1.54, 1.807) is 6.08 Å². The van der Waals surface area contributed by atoms with Crippen molar-refractivity contribution in [3.63, 3.8) is 0 Å². The number of aliphatic hydroxyl groups excluding tert-OH is 2. The molecule has 4 nitrogen and oxygen atoms in total. The van der Waals surface area contributed by atoms with Crippen LogP contribution >= 0.6 is 0 Å². The van der Waals surface area contributed by atoms with Crippen LogP contribution in [-0.2, 0) is 4.79 Å². The lowest BCUT2D eigenvalue weighted by Gasteiger charge is -2.19. The Kier molecular flexibility index (Phi) is 43.4. The highest BCUT2D eigenvalue weighted by Gasteiger charge is 2.17. The quantitative estimate of drug-likeness (QED) is 0.0430. The van der Waals surface area contributed by atoms with E-state index in [-0.39, 0.29) is 12.5 Å². The van der Waals surface area contributed by atoms with Crippen molar-refractivity contribution in [1.29, 1.82) is 0 Å². The van der Waals surface area contributed by atoms with E-state index in [9.17, 15) is 15.0 Å². The van der Waals surface area contributed by atoms with Gasteiger partial charge in [-0.1, -0.05) is 215 Å². The molecule has 2 unspecified atom stereocenters. The van der Waals surface area contributed by atoms with E-state index in [4.69, 9.17) is 0 Å². The molecule has 0 spiro atoms. The maximum Gasteiger partial charge on any atom is 0.220 e. The monoisotopic (exact) mass is 752 g/mol. The molecule has 3 N–H and O–H groups in total. The number of nitrogens with one attached hydrogen (secondary N) is 1. The van der Waals surface area contributed by atoms with Crippen molar-refractivity contribution in [2.45, 2.75) is 231 Å². The molecule has 0 heterocycles. The van der Waals surface area contributed by atoms with Gasteiger partial charge in [-0.3, -0.25) is 4.79 Å². The van der Waals surface area contributed by atoms with Crippen molar-refractivity contribution in [1.82, 2.24) is 5.32 Å². The minimum absolute atomic E-state index is 0.0807. The Hall–Kier alpha value is -2.17. The molecule has 0 rings (SSSR count). The van der Waals surface area contributed by atoms with Crippen LogP contribution in [0.4, 0.5) is 0 Å². The summed E-state index contributed by atoms with van der Waals surface area (Å²) in [5, 5.41) is 23.0. The summed E-state index contributed by atoms with van der Waals surface area (Å²) in [6.07, 6.45) is 64.4. The van der Waals surface area contributed by atoms with Gasteiger partial charge in [0.1, 0.15) is 0 Å². The number of rotatable bonds is 41. The van der Waals surface area contributed by atoms with Crippen molar-refractivity contribution >= 4 is 5.91 Å². The highest BCUT2D eigenvalue weighted by molar-refractivity contribution is 5.76. The summed E-state index contributed by atoms with van der Waals surface area (Å²) in [6.45, 7) is 4.18. The van der Waals surface area contributed by atoms with Gasteiger partial charge in [0.15, 0.2) is 0 Å². The summed E-state index contributed by atoms with van der Waals surface area (Å²) in [4.78, 5) is 12.4. The van der Waals surface area contributed by atoms with E-state index in [2.05, 4.69) is 79.9 Å². The molecule has 0 radical (unpaired) electrons. The minimum atomic E-state index is -0.867. The van der Waals surface area contributed by atoms with Crippen LogP contribution in [-0.4, -0.2) is 34.9 Å². The summed E-state index contributed by atoms with van der Waals surface area (Å²) in [7, 11) is 0. The Balaban J connectivity index is 3.62. The predicted octanol–water partition coefficient (Wildman–Crippen LogP) is 14.7. The average Bonchev–Trinajstić information content (AvgIpc) is 3.18. The van der Waals surface area contributed by atoms with Crippen LogP contribution in [0.5, 0.6) is 0 Å². The highest BCUT2D eigenvalue weighted by Crippen LogP contribution is 2.14. The largest absolute Gasteiger partial charge is 0.394 e. The smallest absolute Gasteiger partial charge is 0.220 e. The molecular formula is C50H89NO3. The minimum Gasteiger partial charge on any atom is -0.394 e. The molecule has 0 aromatic heterocycles. The van der Waals surface area contributed by atoms with Gasteiger partial charge in [-0.25, -0.2) is 0 Å². The lowest BCUT2D eigenvalue weighted by molar-refractivity contribution is -0.123. The van der Waals surface area contributed by atoms with E-state index < -0.39 is 12.1 Å². The SMILES string of the molecule is CC/C=C\C/C=C\C/C=C\C/C=C\CCCCCCCCCCCCC(=O)NC(CO)C(O)/C=C/CC/C=C/CCCCCCCCCCCCCCC. The number of carbonyl (C=O) groups is 1. The second-order valence-electron chi connectivity index (χ2n) is 15.4. The Labute approximate surface area is 336 Å². The molecule has 0 aromatic rings. The number of allylic oxidation sites excluding steroid dienone is 11. The van der Waals surface area contributed by atoms with E-state index in [0.29, 0.717) is 6.42 Å². The van der Waals surface area contributed by atoms with Gasteiger partial charge in [0, 0.05) is 6.42 Å². The molecular weight excluding hydrogens is 663 g/mol. The van der Waals surface area contributed by atoms with Crippen LogP contribution in [0, 0.1) is 0 Å². The van der Waals surface area contributed by atoms with Crippen molar-refractivity contribution in [3.8, 4) is 0 Å². The lowest BCUT2D eigenvalue weighted by atomic mass is 10.0. The number of hydrogen-bond donors (Lipinski definition) is 3. The molecule has 0 aliphatic carbocycles. The molecule has 4 heteroatoms. The molecule has 0 aliphatic rings. The maximum atomic E-state index is 12.4. The fourth-order valence-corrected chi connectivity index (χ4v) is 6.66. The Morgan fingerprint density at radius 2 is 0.833 bits per heavy atom. The first kappa shape index (κ1) is 51.8. The van der Waals surface area contributed by atoms with Crippen molar-refractivity contribution < 1.29 is 15.0 Å². The molecule has 0 aliphatic heterocycles. The fourth-order valence-electron chi connectivity index (χ4n) is 6.66. The average molecular weight is 752 g/mol. The van der Waals surface area contributed by atoms with Gasteiger partial charge >= 0.3 is 0 Å². The molecule has 0 saturated carbocycles. The maximum absolute atomic E-state index is 12.4. The van der Waals surface area contributed by atoms with Gasteiger partial charge in [0.25, 0.3) is 0 Å². The van der Waals surface area contributed by atoms with Gasteiger partial charge in [0.05, 0.1) is 18.8 Å². The highest BCUT2D eigenvalue weighted by atomic mass is 16.3. The van der Waals surface area contributed by atoms with E-state index >= 15 is 0 Å². The van der Waals surface area contributed by atoms with Crippen LogP contribution in [0.2, 0.25) is 0 Å². The normalized spacial score (nSPS) is 13.6. The molecule has 0 saturated heterocycles. The molecule has 312 valence electrons. The zero-order valence-electron chi connectivity index (χ0n) is 35.7. The first-order valence-electron chi connectivity index (χ1n) is 23.2. The Morgan fingerprint density at radius 1 is 0.463 bits per heavy atom. The van der Waals surface area contributed by atoms with E-state index in [1.807, 2.05) is 6.08 Å². The van der Waals surface area contributed by atoms with Crippen LogP contribution in [0.3, 0.4) is 0 Å². The third-order valence-corrected chi connectivity index (χ3v) is 10.2. The molecule has 54 heavy (non-hydrogen) atoms. The summed E-state index contributed by atoms with van der Waals surface area (Å²) >= 11 is 0. The number of aliphatic hydroxyl groups is 2. The predicted molar refractivity (Wildman–Crippen MR) is 239 cm³/mol. The van der Waals surface area contributed by atoms with Gasteiger partial charge < -0.3 is 15.5 Å². The Bertz CT molecular complexity index is 946. The summed E-state index contributed by atoms with van der Waals surface area (Å²) in [6, 6.07) is -0.645. The lowest BCUT2D eigenvalue weighted by Crippen LogP contribution is -2.45. The second-order valence-corrected chi connectivity index (χ2v) is 15.4. The van der Waals surface area contributed by atoms with Gasteiger partial charge in [-0.15, -0.1) is 0 Å². The standard InChI is InChI=1S/C50H89NO3/c1-3-5-7-9-11-13-15-17-19-21-23-24-25-26-28-30-32-34-36-38-40-42-44-46-50(54)51-48(47-52)49(53)45-43-41-39-37-35-33-31-29-27-22-20-18-16-14-12-10-8-6-4-2/h5,7,11,13,17,19,23-24,35,37,43,45,48-49,52-53H,3-4,6,8-10,12,14-16,18,20-22,25-34,36,38-42,44,46-47H2,1-2H3,(H,51,54)/b7-5-,13-11-,19-17-,24-23-,37-35+,45-43+. The molecule has 0 fully saturated rings. The first-order valence-corrected chi connectivity index (χ1v) is 23.2. The molecule has 0 bridgehead atoms. The van der Waals surface area contributed by atoms with Crippen LogP contribution in [0.1, 0.15) is 219 Å².